The molecule has 1 aromatic carbocycles. The van der Waals surface area contributed by atoms with Crippen LogP contribution in [0.5, 0.6) is 0 Å². The van der Waals surface area contributed by atoms with Gasteiger partial charge in [-0.05, 0) is 36.9 Å². The minimum Gasteiger partial charge on any atom is -0.376 e. The molecule has 0 bridgehead atoms. The molecule has 0 heterocycles. The highest BCUT2D eigenvalue weighted by Gasteiger charge is 2.29. The number of aryl methyl sites for hydroxylation is 1. The Morgan fingerprint density at radius 1 is 1.21 bits per heavy atom. The average molecular weight is 261 g/mol. The minimum absolute atomic E-state index is 0.340. The van der Waals surface area contributed by atoms with Crippen LogP contribution in [0, 0.1) is 0 Å². The molecule has 0 radical (unpaired) electrons. The fraction of sp³-hybridized carbons (Fsp3) is 0.647. The van der Waals surface area contributed by atoms with Gasteiger partial charge < -0.3 is 10.1 Å². The summed E-state index contributed by atoms with van der Waals surface area (Å²) in [6.07, 6.45) is 6.35. The van der Waals surface area contributed by atoms with Gasteiger partial charge in [0.25, 0.3) is 0 Å². The van der Waals surface area contributed by atoms with Gasteiger partial charge in [-0.3, -0.25) is 0 Å². The lowest BCUT2D eigenvalue weighted by Gasteiger charge is -2.34. The Kier molecular flexibility index (Phi) is 5.87. The van der Waals surface area contributed by atoms with E-state index in [9.17, 15) is 0 Å². The molecule has 2 atom stereocenters. The molecular weight excluding hydrogens is 234 g/mol. The Morgan fingerprint density at radius 3 is 2.84 bits per heavy atom. The van der Waals surface area contributed by atoms with Crippen molar-refractivity contribution in [2.75, 3.05) is 13.2 Å². The Labute approximate surface area is 117 Å². The molecule has 1 N–H and O–H groups in total. The van der Waals surface area contributed by atoms with Crippen molar-refractivity contribution in [3.05, 3.63) is 35.4 Å². The molecular formula is C17H27NO. The molecule has 0 saturated carbocycles. The van der Waals surface area contributed by atoms with Crippen LogP contribution < -0.4 is 5.32 Å². The summed E-state index contributed by atoms with van der Waals surface area (Å²) in [5.74, 6) is 0. The summed E-state index contributed by atoms with van der Waals surface area (Å²) in [7, 11) is 0. The van der Waals surface area contributed by atoms with E-state index in [1.54, 1.807) is 0 Å². The highest BCUT2D eigenvalue weighted by Crippen LogP contribution is 2.31. The number of hydrogen-bond acceptors (Lipinski definition) is 2. The largest absolute Gasteiger partial charge is 0.376 e. The molecule has 2 unspecified atom stereocenters. The number of benzene rings is 1. The Balaban J connectivity index is 2.00. The molecule has 1 aliphatic rings. The Hall–Kier alpha value is -0.860. The molecule has 19 heavy (non-hydrogen) atoms. The third-order valence-corrected chi connectivity index (χ3v) is 3.96. The van der Waals surface area contributed by atoms with E-state index in [0.717, 1.165) is 26.0 Å². The molecule has 106 valence electrons. The lowest BCUT2D eigenvalue weighted by atomic mass is 9.85. The van der Waals surface area contributed by atoms with E-state index in [0.29, 0.717) is 12.1 Å². The summed E-state index contributed by atoms with van der Waals surface area (Å²) in [4.78, 5) is 0. The maximum absolute atomic E-state index is 6.14. The van der Waals surface area contributed by atoms with E-state index < -0.39 is 0 Å². The number of fused-ring (bicyclic) bond motifs is 1. The predicted molar refractivity (Wildman–Crippen MR) is 80.4 cm³/mol. The molecule has 2 nitrogen and oxygen atoms in total. The molecule has 0 aromatic heterocycles. The number of ether oxygens (including phenoxy) is 1. The zero-order chi connectivity index (χ0) is 13.5. The van der Waals surface area contributed by atoms with Gasteiger partial charge >= 0.3 is 0 Å². The quantitative estimate of drug-likeness (QED) is 0.753. The second-order valence-corrected chi connectivity index (χ2v) is 5.39. The van der Waals surface area contributed by atoms with Crippen LogP contribution in [0.1, 0.15) is 56.7 Å². The zero-order valence-corrected chi connectivity index (χ0v) is 12.3. The topological polar surface area (TPSA) is 21.3 Å². The van der Waals surface area contributed by atoms with E-state index >= 15 is 0 Å². The fourth-order valence-electron chi connectivity index (χ4n) is 2.96. The van der Waals surface area contributed by atoms with Gasteiger partial charge in [0, 0.05) is 6.61 Å². The number of nitrogens with one attached hydrogen (secondary N) is 1. The number of rotatable bonds is 7. The fourth-order valence-corrected chi connectivity index (χ4v) is 2.96. The van der Waals surface area contributed by atoms with Gasteiger partial charge in [0.15, 0.2) is 0 Å². The normalized spacial score (nSPS) is 22.2. The van der Waals surface area contributed by atoms with Crippen molar-refractivity contribution >= 4 is 0 Å². The van der Waals surface area contributed by atoms with Crippen molar-refractivity contribution in [2.24, 2.45) is 0 Å². The molecule has 0 saturated heterocycles. The van der Waals surface area contributed by atoms with E-state index in [1.807, 2.05) is 0 Å². The summed E-state index contributed by atoms with van der Waals surface area (Å²) >= 11 is 0. The summed E-state index contributed by atoms with van der Waals surface area (Å²) in [5, 5.41) is 3.61. The zero-order valence-electron chi connectivity index (χ0n) is 12.3. The Morgan fingerprint density at radius 2 is 2.05 bits per heavy atom. The molecule has 0 fully saturated rings. The standard InChI is InChI=1S/C17H27NO/c1-3-5-8-13-19-16-12-11-14-9-6-7-10-15(14)17(16)18-4-2/h6-7,9-10,16-18H,3-5,8,11-13H2,1-2H3. The first-order chi connectivity index (χ1) is 9.36. The van der Waals surface area contributed by atoms with Crippen molar-refractivity contribution in [1.82, 2.24) is 5.32 Å². The van der Waals surface area contributed by atoms with Gasteiger partial charge in [0.05, 0.1) is 12.1 Å². The van der Waals surface area contributed by atoms with Crippen LogP contribution in [-0.4, -0.2) is 19.3 Å². The first-order valence-corrected chi connectivity index (χ1v) is 7.79. The monoisotopic (exact) mass is 261 g/mol. The van der Waals surface area contributed by atoms with Crippen molar-refractivity contribution in [2.45, 2.75) is 58.1 Å². The average Bonchev–Trinajstić information content (AvgIpc) is 2.45. The van der Waals surface area contributed by atoms with Gasteiger partial charge in [0.1, 0.15) is 0 Å². The van der Waals surface area contributed by atoms with Crippen molar-refractivity contribution in [1.29, 1.82) is 0 Å². The third kappa shape index (κ3) is 3.80. The van der Waals surface area contributed by atoms with Crippen molar-refractivity contribution in [3.8, 4) is 0 Å². The first-order valence-electron chi connectivity index (χ1n) is 7.79. The molecule has 0 spiro atoms. The molecule has 0 amide bonds. The summed E-state index contributed by atoms with van der Waals surface area (Å²) in [6, 6.07) is 9.17. The van der Waals surface area contributed by atoms with Crippen molar-refractivity contribution in [3.63, 3.8) is 0 Å². The van der Waals surface area contributed by atoms with E-state index in [4.69, 9.17) is 4.74 Å². The van der Waals surface area contributed by atoms with Crippen LogP contribution in [-0.2, 0) is 11.2 Å². The smallest absolute Gasteiger partial charge is 0.0773 e. The molecule has 1 aromatic rings. The molecule has 0 aliphatic heterocycles. The predicted octanol–water partition coefficient (Wildman–Crippen LogP) is 3.86. The van der Waals surface area contributed by atoms with Gasteiger partial charge in [-0.2, -0.15) is 0 Å². The maximum Gasteiger partial charge on any atom is 0.0773 e. The molecule has 2 heteroatoms. The van der Waals surface area contributed by atoms with E-state index in [1.165, 1.54) is 30.4 Å². The van der Waals surface area contributed by atoms with E-state index in [-0.39, 0.29) is 0 Å². The van der Waals surface area contributed by atoms with Gasteiger partial charge in [0.2, 0.25) is 0 Å². The first kappa shape index (κ1) is 14.5. The maximum atomic E-state index is 6.14. The van der Waals surface area contributed by atoms with Crippen LogP contribution in [0.15, 0.2) is 24.3 Å². The lowest BCUT2D eigenvalue weighted by molar-refractivity contribution is 0.0141. The van der Waals surface area contributed by atoms with Crippen molar-refractivity contribution < 1.29 is 4.74 Å². The summed E-state index contributed by atoms with van der Waals surface area (Å²) < 4.78 is 6.14. The highest BCUT2D eigenvalue weighted by atomic mass is 16.5. The van der Waals surface area contributed by atoms with Gasteiger partial charge in [-0.1, -0.05) is 51.0 Å². The van der Waals surface area contributed by atoms with E-state index in [2.05, 4.69) is 43.4 Å². The number of hydrogen-bond donors (Lipinski definition) is 1. The molecule has 1 aliphatic carbocycles. The highest BCUT2D eigenvalue weighted by molar-refractivity contribution is 5.33. The number of likely N-dealkylation sites (N-methyl/N-ethyl adjacent to an activating group) is 1. The molecule has 2 rings (SSSR count). The van der Waals surface area contributed by atoms with Gasteiger partial charge in [-0.25, -0.2) is 0 Å². The minimum atomic E-state index is 0.340. The Bertz CT molecular complexity index is 377. The summed E-state index contributed by atoms with van der Waals surface area (Å²) in [5.41, 5.74) is 2.93. The van der Waals surface area contributed by atoms with Gasteiger partial charge in [-0.15, -0.1) is 0 Å². The summed E-state index contributed by atoms with van der Waals surface area (Å²) in [6.45, 7) is 6.31. The second kappa shape index (κ2) is 7.66. The SMILES string of the molecule is CCCCCOC1CCc2ccccc2C1NCC. The van der Waals surface area contributed by atoms with Crippen LogP contribution in [0.4, 0.5) is 0 Å². The van der Waals surface area contributed by atoms with Crippen LogP contribution in [0.2, 0.25) is 0 Å². The van der Waals surface area contributed by atoms with Crippen LogP contribution >= 0.6 is 0 Å². The second-order valence-electron chi connectivity index (χ2n) is 5.39. The number of unbranched alkanes of at least 4 members (excludes halogenated alkanes) is 2. The van der Waals surface area contributed by atoms with Crippen LogP contribution in [0.25, 0.3) is 0 Å². The lowest BCUT2D eigenvalue weighted by Crippen LogP contribution is -2.37. The third-order valence-electron chi connectivity index (χ3n) is 3.96. The van der Waals surface area contributed by atoms with Crippen LogP contribution in [0.3, 0.4) is 0 Å².